The normalized spacial score (nSPS) is 10.6. The van der Waals surface area contributed by atoms with Crippen molar-refractivity contribution < 1.29 is 0 Å². The van der Waals surface area contributed by atoms with Crippen LogP contribution >= 0.6 is 11.3 Å². The van der Waals surface area contributed by atoms with E-state index in [1.807, 2.05) is 25.5 Å². The number of aryl methyl sites for hydroxylation is 1. The molecule has 0 aliphatic carbocycles. The van der Waals surface area contributed by atoms with Crippen molar-refractivity contribution in [1.82, 2.24) is 15.3 Å². The highest BCUT2D eigenvalue weighted by atomic mass is 32.1. The van der Waals surface area contributed by atoms with Crippen molar-refractivity contribution in [3.63, 3.8) is 0 Å². The summed E-state index contributed by atoms with van der Waals surface area (Å²) in [6.07, 6.45) is 4.74. The Morgan fingerprint density at radius 3 is 3.06 bits per heavy atom. The van der Waals surface area contributed by atoms with E-state index in [1.165, 1.54) is 11.1 Å². The third-order valence-corrected chi connectivity index (χ3v) is 3.35. The standard InChI is InChI=1S/C12H15N3S/c1-3-9-6-14-5-4-11(9)12-15-10(7-13-2)8-16-12/h4-6,8,13H,3,7H2,1-2H3. The zero-order valence-electron chi connectivity index (χ0n) is 9.53. The van der Waals surface area contributed by atoms with Gasteiger partial charge in [0.05, 0.1) is 5.69 Å². The van der Waals surface area contributed by atoms with E-state index in [-0.39, 0.29) is 0 Å². The molecular formula is C12H15N3S. The molecule has 0 aliphatic rings. The molecule has 3 nitrogen and oxygen atoms in total. The Bertz CT molecular complexity index is 465. The average Bonchev–Trinajstić information content (AvgIpc) is 2.78. The van der Waals surface area contributed by atoms with Crippen molar-refractivity contribution in [2.75, 3.05) is 7.05 Å². The van der Waals surface area contributed by atoms with Crippen molar-refractivity contribution in [2.45, 2.75) is 19.9 Å². The zero-order valence-corrected chi connectivity index (χ0v) is 10.3. The van der Waals surface area contributed by atoms with Gasteiger partial charge in [-0.25, -0.2) is 4.98 Å². The molecule has 84 valence electrons. The molecule has 0 spiro atoms. The molecule has 16 heavy (non-hydrogen) atoms. The van der Waals surface area contributed by atoms with E-state index in [9.17, 15) is 0 Å². The molecule has 2 aromatic rings. The average molecular weight is 233 g/mol. The number of rotatable bonds is 4. The van der Waals surface area contributed by atoms with E-state index in [2.05, 4.69) is 27.6 Å². The largest absolute Gasteiger partial charge is 0.314 e. The van der Waals surface area contributed by atoms with Crippen LogP contribution in [0.1, 0.15) is 18.2 Å². The fourth-order valence-electron chi connectivity index (χ4n) is 1.61. The van der Waals surface area contributed by atoms with Gasteiger partial charge in [0.25, 0.3) is 0 Å². The minimum Gasteiger partial charge on any atom is -0.314 e. The molecule has 0 aliphatic heterocycles. The summed E-state index contributed by atoms with van der Waals surface area (Å²) >= 11 is 1.69. The second-order valence-corrected chi connectivity index (χ2v) is 4.42. The van der Waals surface area contributed by atoms with Gasteiger partial charge in [-0.3, -0.25) is 4.98 Å². The third kappa shape index (κ3) is 2.28. The molecule has 0 amide bonds. The van der Waals surface area contributed by atoms with Crippen LogP contribution in [-0.2, 0) is 13.0 Å². The third-order valence-electron chi connectivity index (χ3n) is 2.42. The summed E-state index contributed by atoms with van der Waals surface area (Å²) in [5, 5.41) is 6.30. The molecular weight excluding hydrogens is 218 g/mol. The van der Waals surface area contributed by atoms with Crippen LogP contribution in [0.25, 0.3) is 10.6 Å². The highest BCUT2D eigenvalue weighted by molar-refractivity contribution is 7.13. The lowest BCUT2D eigenvalue weighted by Crippen LogP contribution is -2.04. The van der Waals surface area contributed by atoms with Crippen LogP contribution in [0.2, 0.25) is 0 Å². The Hall–Kier alpha value is -1.26. The maximum Gasteiger partial charge on any atom is 0.124 e. The Kier molecular flexibility index (Phi) is 3.64. The van der Waals surface area contributed by atoms with Crippen molar-refractivity contribution in [2.24, 2.45) is 0 Å². The minimum absolute atomic E-state index is 0.822. The van der Waals surface area contributed by atoms with Crippen LogP contribution in [0, 0.1) is 0 Å². The van der Waals surface area contributed by atoms with Gasteiger partial charge >= 0.3 is 0 Å². The summed E-state index contributed by atoms with van der Waals surface area (Å²) in [4.78, 5) is 8.76. The number of nitrogens with one attached hydrogen (secondary N) is 1. The minimum atomic E-state index is 0.822. The van der Waals surface area contributed by atoms with E-state index in [4.69, 9.17) is 0 Å². The van der Waals surface area contributed by atoms with Crippen LogP contribution in [0.3, 0.4) is 0 Å². The van der Waals surface area contributed by atoms with Gasteiger partial charge in [-0.05, 0) is 25.1 Å². The maximum atomic E-state index is 4.61. The van der Waals surface area contributed by atoms with E-state index in [0.717, 1.165) is 23.7 Å². The molecule has 0 fully saturated rings. The van der Waals surface area contributed by atoms with E-state index >= 15 is 0 Å². The van der Waals surface area contributed by atoms with Gasteiger partial charge < -0.3 is 5.32 Å². The van der Waals surface area contributed by atoms with E-state index in [0.29, 0.717) is 0 Å². The fourth-order valence-corrected chi connectivity index (χ4v) is 2.49. The lowest BCUT2D eigenvalue weighted by Gasteiger charge is -2.02. The monoisotopic (exact) mass is 233 g/mol. The summed E-state index contributed by atoms with van der Waals surface area (Å²) < 4.78 is 0. The Labute approximate surface area is 99.6 Å². The highest BCUT2D eigenvalue weighted by Crippen LogP contribution is 2.26. The van der Waals surface area contributed by atoms with Gasteiger partial charge in [0.2, 0.25) is 0 Å². The Balaban J connectivity index is 2.34. The maximum absolute atomic E-state index is 4.61. The summed E-state index contributed by atoms with van der Waals surface area (Å²) in [5.74, 6) is 0. The van der Waals surface area contributed by atoms with Gasteiger partial charge in [-0.15, -0.1) is 11.3 Å². The number of hydrogen-bond acceptors (Lipinski definition) is 4. The van der Waals surface area contributed by atoms with Crippen molar-refractivity contribution in [1.29, 1.82) is 0 Å². The van der Waals surface area contributed by atoms with Crippen LogP contribution in [0.4, 0.5) is 0 Å². The summed E-state index contributed by atoms with van der Waals surface area (Å²) in [7, 11) is 1.93. The smallest absolute Gasteiger partial charge is 0.124 e. The lowest BCUT2D eigenvalue weighted by atomic mass is 10.1. The second-order valence-electron chi connectivity index (χ2n) is 3.56. The van der Waals surface area contributed by atoms with Gasteiger partial charge in [0, 0.05) is 29.9 Å². The molecule has 0 aromatic carbocycles. The van der Waals surface area contributed by atoms with Gasteiger partial charge in [-0.1, -0.05) is 6.92 Å². The molecule has 4 heteroatoms. The van der Waals surface area contributed by atoms with E-state index < -0.39 is 0 Å². The molecule has 0 atom stereocenters. The summed E-state index contributed by atoms with van der Waals surface area (Å²) in [6.45, 7) is 2.96. The predicted molar refractivity (Wildman–Crippen MR) is 67.5 cm³/mol. The zero-order chi connectivity index (χ0) is 11.4. The van der Waals surface area contributed by atoms with Crippen LogP contribution in [0.5, 0.6) is 0 Å². The van der Waals surface area contributed by atoms with Crippen LogP contribution in [0.15, 0.2) is 23.8 Å². The van der Waals surface area contributed by atoms with E-state index in [1.54, 1.807) is 11.3 Å². The Morgan fingerprint density at radius 1 is 1.44 bits per heavy atom. The summed E-state index contributed by atoms with van der Waals surface area (Å²) in [6, 6.07) is 2.04. The summed E-state index contributed by atoms with van der Waals surface area (Å²) in [5.41, 5.74) is 3.57. The number of nitrogens with zero attached hydrogens (tertiary/aromatic N) is 2. The first kappa shape index (κ1) is 11.2. The van der Waals surface area contributed by atoms with Gasteiger partial charge in [-0.2, -0.15) is 0 Å². The van der Waals surface area contributed by atoms with Crippen LogP contribution < -0.4 is 5.32 Å². The highest BCUT2D eigenvalue weighted by Gasteiger charge is 2.07. The van der Waals surface area contributed by atoms with Crippen molar-refractivity contribution in [3.05, 3.63) is 35.1 Å². The first-order valence-corrected chi connectivity index (χ1v) is 6.25. The molecule has 0 unspecified atom stereocenters. The molecule has 2 heterocycles. The second kappa shape index (κ2) is 5.18. The molecule has 0 bridgehead atoms. The lowest BCUT2D eigenvalue weighted by molar-refractivity contribution is 0.798. The topological polar surface area (TPSA) is 37.8 Å². The molecule has 2 rings (SSSR count). The first-order chi connectivity index (χ1) is 7.85. The Morgan fingerprint density at radius 2 is 2.31 bits per heavy atom. The van der Waals surface area contributed by atoms with Crippen molar-refractivity contribution in [3.8, 4) is 10.6 Å². The molecule has 0 radical (unpaired) electrons. The molecule has 0 saturated carbocycles. The van der Waals surface area contributed by atoms with Crippen molar-refractivity contribution >= 4 is 11.3 Å². The van der Waals surface area contributed by atoms with Gasteiger partial charge in [0.15, 0.2) is 0 Å². The van der Waals surface area contributed by atoms with Crippen LogP contribution in [-0.4, -0.2) is 17.0 Å². The number of aromatic nitrogens is 2. The fraction of sp³-hybridized carbons (Fsp3) is 0.333. The SMILES string of the molecule is CCc1cnccc1-c1nc(CNC)cs1. The first-order valence-electron chi connectivity index (χ1n) is 5.37. The van der Waals surface area contributed by atoms with Gasteiger partial charge in [0.1, 0.15) is 5.01 Å². The predicted octanol–water partition coefficient (Wildman–Crippen LogP) is 2.49. The quantitative estimate of drug-likeness (QED) is 0.881. The number of hydrogen-bond donors (Lipinski definition) is 1. The number of thiazole rings is 1. The molecule has 0 saturated heterocycles. The molecule has 2 aromatic heterocycles. The molecule has 1 N–H and O–H groups in total. The number of pyridine rings is 1.